The van der Waals surface area contributed by atoms with Crippen LogP contribution in [0.1, 0.15) is 5.56 Å². The monoisotopic (exact) mass is 592 g/mol. The predicted molar refractivity (Wildman–Crippen MR) is 159 cm³/mol. The minimum absolute atomic E-state index is 0.120. The van der Waals surface area contributed by atoms with Crippen molar-refractivity contribution in [3.05, 3.63) is 105 Å². The topological polar surface area (TPSA) is 84.9 Å². The number of carbonyl (C=O) groups excluding carboxylic acids is 3. The van der Waals surface area contributed by atoms with Gasteiger partial charge >= 0.3 is 0 Å². The van der Waals surface area contributed by atoms with E-state index in [0.717, 1.165) is 22.5 Å². The van der Waals surface area contributed by atoms with Gasteiger partial charge in [0.15, 0.2) is 6.61 Å². The molecular formula is C30H22Cl2N2O5S. The van der Waals surface area contributed by atoms with Crippen LogP contribution in [0.5, 0.6) is 11.5 Å². The molecule has 202 valence electrons. The Morgan fingerprint density at radius 1 is 0.875 bits per heavy atom. The number of fused-ring (bicyclic) bond motifs is 1. The zero-order valence-corrected chi connectivity index (χ0v) is 23.3. The van der Waals surface area contributed by atoms with Crippen molar-refractivity contribution in [3.63, 3.8) is 0 Å². The van der Waals surface area contributed by atoms with Gasteiger partial charge < -0.3 is 14.8 Å². The van der Waals surface area contributed by atoms with Gasteiger partial charge in [0.25, 0.3) is 17.1 Å². The van der Waals surface area contributed by atoms with Crippen LogP contribution >= 0.6 is 35.0 Å². The second-order valence-electron chi connectivity index (χ2n) is 8.67. The summed E-state index contributed by atoms with van der Waals surface area (Å²) < 4.78 is 11.4. The number of hydrogen-bond acceptors (Lipinski definition) is 6. The second-order valence-corrected chi connectivity index (χ2v) is 10.5. The van der Waals surface area contributed by atoms with Crippen LogP contribution in [-0.4, -0.2) is 41.7 Å². The average molecular weight is 593 g/mol. The first-order valence-electron chi connectivity index (χ1n) is 12.2. The minimum atomic E-state index is -0.399. The molecule has 0 radical (unpaired) electrons. The molecule has 0 aliphatic carbocycles. The fourth-order valence-corrected chi connectivity index (χ4v) is 5.32. The molecule has 5 rings (SSSR count). The smallest absolute Gasteiger partial charge is 0.293 e. The lowest BCUT2D eigenvalue weighted by Gasteiger charge is -2.14. The van der Waals surface area contributed by atoms with Crippen molar-refractivity contribution < 1.29 is 23.9 Å². The molecule has 1 aliphatic heterocycles. The standard InChI is InChI=1S/C30H22Cl2N2O5S/c31-22-9-3-4-10-24(22)33-28(35)18-39-26-13-12-19(16-23(26)32)17-27-29(36)34(30(37)40-27)14-15-38-25-11-5-7-20-6-1-2-8-21(20)25/h1-13,16-17H,14-15,18H2,(H,33,35)/b27-17-. The Labute approximate surface area is 244 Å². The van der Waals surface area contributed by atoms with Crippen molar-refractivity contribution in [3.8, 4) is 11.5 Å². The summed E-state index contributed by atoms with van der Waals surface area (Å²) in [5, 5.41) is 4.98. The number of ether oxygens (including phenoxy) is 2. The first-order valence-corrected chi connectivity index (χ1v) is 13.8. The molecule has 10 heteroatoms. The van der Waals surface area contributed by atoms with E-state index in [1.54, 1.807) is 48.5 Å². The molecule has 40 heavy (non-hydrogen) atoms. The Balaban J connectivity index is 1.17. The van der Waals surface area contributed by atoms with Gasteiger partial charge in [-0.3, -0.25) is 19.3 Å². The molecule has 7 nitrogen and oxygen atoms in total. The van der Waals surface area contributed by atoms with Crippen LogP contribution in [0.3, 0.4) is 0 Å². The molecule has 1 fully saturated rings. The van der Waals surface area contributed by atoms with Gasteiger partial charge in [0, 0.05) is 5.39 Å². The number of thioether (sulfide) groups is 1. The summed E-state index contributed by atoms with van der Waals surface area (Å²) in [4.78, 5) is 39.1. The molecular weight excluding hydrogens is 571 g/mol. The fourth-order valence-electron chi connectivity index (χ4n) is 4.03. The molecule has 0 aromatic heterocycles. The molecule has 1 saturated heterocycles. The maximum Gasteiger partial charge on any atom is 0.293 e. The number of carbonyl (C=O) groups is 3. The number of nitrogens with zero attached hydrogens (tertiary/aromatic N) is 1. The first-order chi connectivity index (χ1) is 19.4. The van der Waals surface area contributed by atoms with E-state index < -0.39 is 11.8 Å². The predicted octanol–water partition coefficient (Wildman–Crippen LogP) is 7.28. The molecule has 0 saturated carbocycles. The van der Waals surface area contributed by atoms with Crippen molar-refractivity contribution >= 4 is 74.6 Å². The molecule has 4 aromatic rings. The van der Waals surface area contributed by atoms with Gasteiger partial charge in [-0.1, -0.05) is 77.8 Å². The molecule has 0 spiro atoms. The number of amides is 3. The van der Waals surface area contributed by atoms with Crippen molar-refractivity contribution in [2.45, 2.75) is 0 Å². The summed E-state index contributed by atoms with van der Waals surface area (Å²) in [6.07, 6.45) is 1.59. The van der Waals surface area contributed by atoms with E-state index in [-0.39, 0.29) is 34.9 Å². The highest BCUT2D eigenvalue weighted by molar-refractivity contribution is 8.18. The summed E-state index contributed by atoms with van der Waals surface area (Å²) in [5.41, 5.74) is 1.09. The van der Waals surface area contributed by atoms with E-state index in [0.29, 0.717) is 27.8 Å². The summed E-state index contributed by atoms with van der Waals surface area (Å²) in [7, 11) is 0. The molecule has 0 unspecified atom stereocenters. The highest BCUT2D eigenvalue weighted by Gasteiger charge is 2.34. The van der Waals surface area contributed by atoms with Gasteiger partial charge in [0.2, 0.25) is 0 Å². The number of para-hydroxylation sites is 1. The SMILES string of the molecule is O=C(COc1ccc(/C=C2\SC(=O)N(CCOc3cccc4ccccc34)C2=O)cc1Cl)Nc1ccccc1Cl. The Morgan fingerprint density at radius 3 is 2.48 bits per heavy atom. The third kappa shape index (κ3) is 6.42. The number of rotatable bonds is 9. The zero-order chi connectivity index (χ0) is 28.1. The lowest BCUT2D eigenvalue weighted by Crippen LogP contribution is -2.32. The van der Waals surface area contributed by atoms with Crippen LogP contribution in [0.2, 0.25) is 10.0 Å². The van der Waals surface area contributed by atoms with Gasteiger partial charge in [0.1, 0.15) is 18.1 Å². The molecule has 3 amide bonds. The van der Waals surface area contributed by atoms with E-state index in [4.69, 9.17) is 32.7 Å². The van der Waals surface area contributed by atoms with E-state index >= 15 is 0 Å². The molecule has 1 aliphatic rings. The van der Waals surface area contributed by atoms with Crippen LogP contribution in [0, 0.1) is 0 Å². The summed E-state index contributed by atoms with van der Waals surface area (Å²) >= 11 is 13.3. The van der Waals surface area contributed by atoms with Crippen LogP contribution in [-0.2, 0) is 9.59 Å². The van der Waals surface area contributed by atoms with Gasteiger partial charge in [-0.05, 0) is 59.1 Å². The zero-order valence-electron chi connectivity index (χ0n) is 20.9. The van der Waals surface area contributed by atoms with Crippen LogP contribution < -0.4 is 14.8 Å². The summed E-state index contributed by atoms with van der Waals surface area (Å²) in [5.74, 6) is 0.196. The number of hydrogen-bond donors (Lipinski definition) is 1. The van der Waals surface area contributed by atoms with Gasteiger partial charge in [-0.15, -0.1) is 0 Å². The molecule has 1 heterocycles. The van der Waals surface area contributed by atoms with Crippen molar-refractivity contribution in [2.24, 2.45) is 0 Å². The van der Waals surface area contributed by atoms with E-state index in [2.05, 4.69) is 5.32 Å². The third-order valence-electron chi connectivity index (χ3n) is 5.96. The Kier molecular flexibility index (Phi) is 8.60. The first kappa shape index (κ1) is 27.6. The van der Waals surface area contributed by atoms with E-state index in [1.807, 2.05) is 42.5 Å². The maximum atomic E-state index is 12.9. The maximum absolute atomic E-state index is 12.9. The number of nitrogens with one attached hydrogen (secondary N) is 1. The molecule has 0 bridgehead atoms. The minimum Gasteiger partial charge on any atom is -0.491 e. The Hall–Kier alpha value is -3.98. The number of imide groups is 1. The Morgan fingerprint density at radius 2 is 1.65 bits per heavy atom. The molecule has 4 aromatic carbocycles. The van der Waals surface area contributed by atoms with E-state index in [9.17, 15) is 14.4 Å². The van der Waals surface area contributed by atoms with Gasteiger partial charge in [-0.2, -0.15) is 0 Å². The van der Waals surface area contributed by atoms with Crippen LogP contribution in [0.25, 0.3) is 16.8 Å². The summed E-state index contributed by atoms with van der Waals surface area (Å²) in [6.45, 7) is 0.0142. The molecule has 1 N–H and O–H groups in total. The van der Waals surface area contributed by atoms with Crippen LogP contribution in [0.4, 0.5) is 10.5 Å². The van der Waals surface area contributed by atoms with Crippen molar-refractivity contribution in [1.82, 2.24) is 4.90 Å². The summed E-state index contributed by atoms with van der Waals surface area (Å²) in [6, 6.07) is 25.3. The molecule has 0 atom stereocenters. The fraction of sp³-hybridized carbons (Fsp3) is 0.100. The lowest BCUT2D eigenvalue weighted by atomic mass is 10.1. The highest BCUT2D eigenvalue weighted by atomic mass is 35.5. The lowest BCUT2D eigenvalue weighted by molar-refractivity contribution is -0.123. The van der Waals surface area contributed by atoms with Crippen molar-refractivity contribution in [2.75, 3.05) is 25.1 Å². The quantitative estimate of drug-likeness (QED) is 0.205. The van der Waals surface area contributed by atoms with Gasteiger partial charge in [0.05, 0.1) is 27.2 Å². The number of benzene rings is 4. The third-order valence-corrected chi connectivity index (χ3v) is 7.49. The van der Waals surface area contributed by atoms with Gasteiger partial charge in [-0.25, -0.2) is 0 Å². The number of anilines is 1. The van der Waals surface area contributed by atoms with Crippen LogP contribution in [0.15, 0.2) is 89.8 Å². The largest absolute Gasteiger partial charge is 0.491 e. The second kappa shape index (κ2) is 12.5. The average Bonchev–Trinajstić information content (AvgIpc) is 3.21. The Bertz CT molecular complexity index is 1640. The van der Waals surface area contributed by atoms with E-state index in [1.165, 1.54) is 4.90 Å². The number of halogens is 2. The highest BCUT2D eigenvalue weighted by Crippen LogP contribution is 2.34. The normalized spacial score (nSPS) is 14.2. The van der Waals surface area contributed by atoms with Crippen molar-refractivity contribution in [1.29, 1.82) is 0 Å².